The van der Waals surface area contributed by atoms with Crippen molar-refractivity contribution in [1.29, 1.82) is 0 Å². The minimum Gasteiger partial charge on any atom is -1.00 e. The summed E-state index contributed by atoms with van der Waals surface area (Å²) in [6.07, 6.45) is 1.98. The molecule has 2 aromatic heterocycles. The molecular weight excluding hydrogens is 747 g/mol. The molecule has 0 spiro atoms. The maximum absolute atomic E-state index is 3.46. The fraction of sp³-hybridized carbons (Fsp3) is 0.0909. The van der Waals surface area contributed by atoms with Gasteiger partial charge in [0, 0.05) is 24.2 Å². The van der Waals surface area contributed by atoms with Gasteiger partial charge in [0.15, 0.2) is 0 Å². The van der Waals surface area contributed by atoms with Crippen LogP contribution in [-0.4, -0.2) is 14.6 Å². The van der Waals surface area contributed by atoms with E-state index in [0.29, 0.717) is 0 Å². The Morgan fingerprint density at radius 2 is 0.860 bits per heavy atom. The van der Waals surface area contributed by atoms with Crippen LogP contribution >= 0.6 is 0 Å². The molecule has 6 aromatic carbocycles. The summed E-state index contributed by atoms with van der Waals surface area (Å²) in [5.41, 5.74) is 16.2. The molecule has 50 heavy (non-hydrogen) atoms. The van der Waals surface area contributed by atoms with Crippen molar-refractivity contribution in [3.05, 3.63) is 180 Å². The number of halogens is 2. The minimum atomic E-state index is 0. The predicted molar refractivity (Wildman–Crippen MR) is 198 cm³/mol. The van der Waals surface area contributed by atoms with Crippen LogP contribution in [0.4, 0.5) is 0 Å². The SMILES string of the molecule is C[Si](C)=[Zr+2].[Cl-].[Cl-].[c-]1cccc2c1c1c(n2-c2ccccc2)Cc2ccccc2-1.[c-]1cccc2c1c1c(n2-c2ccccc2)Cc2ccccc2-1. The molecule has 0 aliphatic heterocycles. The number of hydrogen-bond donors (Lipinski definition) is 0. The summed E-state index contributed by atoms with van der Waals surface area (Å²) in [5, 5.41) is 2.46. The van der Waals surface area contributed by atoms with Gasteiger partial charge in [0.1, 0.15) is 0 Å². The molecule has 0 saturated heterocycles. The first-order chi connectivity index (χ1) is 23.6. The molecule has 2 aliphatic rings. The summed E-state index contributed by atoms with van der Waals surface area (Å²) in [6.45, 7) is 4.62. The van der Waals surface area contributed by atoms with Crippen LogP contribution in [0, 0.1) is 12.1 Å². The number of hydrogen-bond acceptors (Lipinski definition) is 0. The fourth-order valence-corrected chi connectivity index (χ4v) is 7.29. The number of fused-ring (bicyclic) bond motifs is 10. The average Bonchev–Trinajstić information content (AvgIpc) is 3.85. The Bertz CT molecular complexity index is 2250. The first-order valence-electron chi connectivity index (χ1n) is 16.5. The number of aromatic nitrogens is 2. The molecule has 2 heterocycles. The van der Waals surface area contributed by atoms with Gasteiger partial charge in [-0.1, -0.05) is 107 Å². The van der Waals surface area contributed by atoms with Crippen molar-refractivity contribution in [3.8, 4) is 33.6 Å². The molecule has 10 rings (SSSR count). The zero-order valence-corrected chi connectivity index (χ0v) is 32.9. The van der Waals surface area contributed by atoms with Gasteiger partial charge < -0.3 is 33.9 Å². The van der Waals surface area contributed by atoms with E-state index in [1.165, 1.54) is 77.9 Å². The van der Waals surface area contributed by atoms with E-state index in [1.807, 2.05) is 12.1 Å². The van der Waals surface area contributed by atoms with Crippen LogP contribution in [0.15, 0.2) is 146 Å². The minimum absolute atomic E-state index is 0. The summed E-state index contributed by atoms with van der Waals surface area (Å²) < 4.78 is 4.78. The van der Waals surface area contributed by atoms with Crippen LogP contribution in [0.5, 0.6) is 0 Å². The monoisotopic (exact) mass is 778 g/mol. The summed E-state index contributed by atoms with van der Waals surface area (Å²) in [4.78, 5) is 0. The second-order valence-electron chi connectivity index (χ2n) is 12.5. The molecule has 0 saturated carbocycles. The van der Waals surface area contributed by atoms with E-state index in [4.69, 9.17) is 0 Å². The molecule has 6 heteroatoms. The molecule has 0 atom stereocenters. The Morgan fingerprint density at radius 3 is 1.26 bits per heavy atom. The zero-order valence-electron chi connectivity index (χ0n) is 27.9. The van der Waals surface area contributed by atoms with Gasteiger partial charge in [0.05, 0.1) is 0 Å². The number of benzene rings is 6. The van der Waals surface area contributed by atoms with Crippen LogP contribution in [0.25, 0.3) is 55.4 Å². The van der Waals surface area contributed by atoms with Gasteiger partial charge >= 0.3 is 41.9 Å². The van der Waals surface area contributed by atoms with E-state index in [-0.39, 0.29) is 30.2 Å². The van der Waals surface area contributed by atoms with Crippen LogP contribution in [0.2, 0.25) is 13.1 Å². The zero-order chi connectivity index (χ0) is 32.6. The molecule has 2 aliphatic carbocycles. The van der Waals surface area contributed by atoms with Gasteiger partial charge in [-0.25, -0.2) is 0 Å². The summed E-state index contributed by atoms with van der Waals surface area (Å²) >= 11 is 1.74. The van der Waals surface area contributed by atoms with E-state index < -0.39 is 0 Å². The number of nitrogens with zero attached hydrogens (tertiary/aromatic N) is 2. The summed E-state index contributed by atoms with van der Waals surface area (Å²) in [5.74, 6) is 0. The largest absolute Gasteiger partial charge is 1.00 e. The summed E-state index contributed by atoms with van der Waals surface area (Å²) in [7, 11) is 0. The Labute approximate surface area is 322 Å². The maximum Gasteiger partial charge on any atom is 0.0363 e. The smallest absolute Gasteiger partial charge is 0.0363 e. The first kappa shape index (κ1) is 35.9. The topological polar surface area (TPSA) is 9.86 Å². The normalized spacial score (nSPS) is 11.4. The summed E-state index contributed by atoms with van der Waals surface area (Å²) in [6, 6.07) is 58.2. The Balaban J connectivity index is 0.000000151. The van der Waals surface area contributed by atoms with Crippen LogP contribution in [0.3, 0.4) is 0 Å². The first-order valence-corrected chi connectivity index (χ1v) is 22.7. The van der Waals surface area contributed by atoms with E-state index in [0.717, 1.165) is 12.8 Å². The second kappa shape index (κ2) is 15.5. The predicted octanol–water partition coefficient (Wildman–Crippen LogP) is 4.80. The van der Waals surface area contributed by atoms with Crippen molar-refractivity contribution in [2.75, 3.05) is 0 Å². The van der Waals surface area contributed by atoms with Gasteiger partial charge in [0.2, 0.25) is 0 Å². The second-order valence-corrected chi connectivity index (χ2v) is 21.9. The van der Waals surface area contributed by atoms with E-state index in [2.05, 4.69) is 168 Å². The van der Waals surface area contributed by atoms with Gasteiger partial charge in [-0.15, -0.1) is 59.3 Å². The van der Waals surface area contributed by atoms with Crippen LogP contribution in [0.1, 0.15) is 22.5 Å². The van der Waals surface area contributed by atoms with E-state index >= 15 is 0 Å². The molecule has 8 aromatic rings. The molecule has 0 radical (unpaired) electrons. The van der Waals surface area contributed by atoms with Crippen LogP contribution < -0.4 is 24.8 Å². The van der Waals surface area contributed by atoms with Crippen molar-refractivity contribution in [2.24, 2.45) is 0 Å². The molecular formula is C44H34Cl2N2SiZr-2. The Morgan fingerprint density at radius 1 is 0.500 bits per heavy atom. The van der Waals surface area contributed by atoms with Gasteiger partial charge in [-0.2, -0.15) is 0 Å². The van der Waals surface area contributed by atoms with E-state index in [1.54, 1.807) is 23.3 Å². The molecule has 2 nitrogen and oxygen atoms in total. The van der Waals surface area contributed by atoms with Crippen molar-refractivity contribution in [1.82, 2.24) is 9.13 Å². The van der Waals surface area contributed by atoms with Gasteiger partial charge in [-0.05, 0) is 57.8 Å². The Hall–Kier alpha value is -3.92. The van der Waals surface area contributed by atoms with E-state index in [9.17, 15) is 0 Å². The molecule has 0 bridgehead atoms. The third-order valence-corrected chi connectivity index (χ3v) is 9.09. The van der Waals surface area contributed by atoms with Crippen LogP contribution in [-0.2, 0) is 36.2 Å². The van der Waals surface area contributed by atoms with Crippen molar-refractivity contribution >= 4 is 27.2 Å². The number of rotatable bonds is 2. The molecule has 0 N–H and O–H groups in total. The van der Waals surface area contributed by atoms with Gasteiger partial charge in [0.25, 0.3) is 0 Å². The number of para-hydroxylation sites is 2. The molecule has 0 fully saturated rings. The Kier molecular flexibility index (Phi) is 11.2. The molecule has 244 valence electrons. The van der Waals surface area contributed by atoms with Gasteiger partial charge in [-0.3, -0.25) is 0 Å². The third kappa shape index (κ3) is 6.51. The fourth-order valence-electron chi connectivity index (χ4n) is 7.29. The van der Waals surface area contributed by atoms with Crippen molar-refractivity contribution < 1.29 is 48.1 Å². The molecule has 0 amide bonds. The van der Waals surface area contributed by atoms with Crippen molar-refractivity contribution in [3.63, 3.8) is 0 Å². The maximum atomic E-state index is 3.46. The van der Waals surface area contributed by atoms with Crippen molar-refractivity contribution in [2.45, 2.75) is 25.9 Å². The quantitative estimate of drug-likeness (QED) is 0.177. The molecule has 0 unspecified atom stereocenters. The standard InChI is InChI=1S/2C21H14N.C2H6Si.2ClH.Zr/c2*1-2-9-16(10-3-1)22-19-13-7-6-12-18(19)21-17-11-5-4-8-15(17)14-20(21)22;1-3-2;;;/h2*1-11,13H,14H2;1-2H3;2*1H;/q2*-1;;;;+2/p-2. The third-order valence-electron chi connectivity index (χ3n) is 9.09. The average molecular weight is 781 g/mol.